The highest BCUT2D eigenvalue weighted by Gasteiger charge is 2.39. The topological polar surface area (TPSA) is 78.4 Å². The number of nitrogens with one attached hydrogen (secondary N) is 2. The Kier molecular flexibility index (Phi) is 4.89. The predicted molar refractivity (Wildman–Crippen MR) is 76.3 cm³/mol. The van der Waals surface area contributed by atoms with Gasteiger partial charge in [-0.3, -0.25) is 4.79 Å². The molecule has 2 aliphatic rings. The Hall–Kier alpha value is -1.26. The molecule has 2 bridgehead atoms. The third kappa shape index (κ3) is 3.64. The lowest BCUT2D eigenvalue weighted by molar-refractivity contribution is -0.142. The van der Waals surface area contributed by atoms with Gasteiger partial charge in [-0.05, 0) is 42.9 Å². The molecular formula is C15H26N2O3. The minimum absolute atomic E-state index is 0.0124. The molecule has 2 aliphatic carbocycles. The van der Waals surface area contributed by atoms with Gasteiger partial charge in [0.15, 0.2) is 0 Å². The van der Waals surface area contributed by atoms with Crippen LogP contribution in [-0.2, 0) is 4.79 Å². The zero-order valence-corrected chi connectivity index (χ0v) is 12.4. The van der Waals surface area contributed by atoms with Crippen LogP contribution in [0, 0.1) is 29.6 Å². The Morgan fingerprint density at radius 2 is 1.95 bits per heavy atom. The van der Waals surface area contributed by atoms with Crippen molar-refractivity contribution in [2.24, 2.45) is 29.6 Å². The number of carbonyl (C=O) groups is 2. The average Bonchev–Trinajstić information content (AvgIpc) is 2.97. The second-order valence-corrected chi connectivity index (χ2v) is 6.71. The van der Waals surface area contributed by atoms with Crippen molar-refractivity contribution in [1.29, 1.82) is 0 Å². The van der Waals surface area contributed by atoms with Crippen molar-refractivity contribution in [3.63, 3.8) is 0 Å². The molecule has 0 heterocycles. The molecule has 2 amide bonds. The van der Waals surface area contributed by atoms with Gasteiger partial charge in [-0.25, -0.2) is 4.79 Å². The van der Waals surface area contributed by atoms with E-state index in [1.807, 2.05) is 13.8 Å². The minimum atomic E-state index is -0.853. The van der Waals surface area contributed by atoms with Gasteiger partial charge >= 0.3 is 12.0 Å². The average molecular weight is 282 g/mol. The van der Waals surface area contributed by atoms with Gasteiger partial charge in [0.25, 0.3) is 0 Å². The van der Waals surface area contributed by atoms with Crippen molar-refractivity contribution in [3.8, 4) is 0 Å². The van der Waals surface area contributed by atoms with Crippen LogP contribution in [-0.4, -0.2) is 30.2 Å². The lowest BCUT2D eigenvalue weighted by Crippen LogP contribution is -2.43. The maximum atomic E-state index is 11.7. The molecule has 2 rings (SSSR count). The fraction of sp³-hybridized carbons (Fsp3) is 0.867. The van der Waals surface area contributed by atoms with Crippen molar-refractivity contribution in [2.75, 3.05) is 13.1 Å². The molecule has 0 aromatic carbocycles. The molecule has 0 spiro atoms. The van der Waals surface area contributed by atoms with E-state index in [0.717, 1.165) is 18.4 Å². The first-order valence-corrected chi connectivity index (χ1v) is 7.71. The Labute approximate surface area is 120 Å². The molecule has 5 nitrogen and oxygen atoms in total. The summed E-state index contributed by atoms with van der Waals surface area (Å²) in [6.07, 6.45) is 5.26. The lowest BCUT2D eigenvalue weighted by atomic mass is 9.89. The molecule has 2 fully saturated rings. The Balaban J connectivity index is 1.66. The molecule has 0 aliphatic heterocycles. The fourth-order valence-electron chi connectivity index (χ4n) is 3.72. The highest BCUT2D eigenvalue weighted by Crippen LogP contribution is 2.47. The first-order chi connectivity index (χ1) is 9.47. The van der Waals surface area contributed by atoms with Crippen LogP contribution in [0.25, 0.3) is 0 Å². The van der Waals surface area contributed by atoms with E-state index in [1.54, 1.807) is 0 Å². The van der Waals surface area contributed by atoms with Crippen molar-refractivity contribution in [1.82, 2.24) is 10.6 Å². The molecule has 4 unspecified atom stereocenters. The van der Waals surface area contributed by atoms with Crippen LogP contribution in [0.4, 0.5) is 4.79 Å². The molecule has 20 heavy (non-hydrogen) atoms. The number of carbonyl (C=O) groups excluding carboxylic acids is 1. The van der Waals surface area contributed by atoms with Crippen LogP contribution < -0.4 is 10.6 Å². The van der Waals surface area contributed by atoms with Gasteiger partial charge in [-0.15, -0.1) is 0 Å². The van der Waals surface area contributed by atoms with Crippen LogP contribution in [0.3, 0.4) is 0 Å². The van der Waals surface area contributed by atoms with Crippen molar-refractivity contribution in [3.05, 3.63) is 0 Å². The van der Waals surface area contributed by atoms with E-state index in [-0.39, 0.29) is 18.5 Å². The van der Waals surface area contributed by atoms with E-state index in [4.69, 9.17) is 5.11 Å². The smallest absolute Gasteiger partial charge is 0.314 e. The normalized spacial score (nSPS) is 29.4. The number of rotatable bonds is 6. The van der Waals surface area contributed by atoms with E-state index in [0.29, 0.717) is 5.92 Å². The van der Waals surface area contributed by atoms with Crippen LogP contribution in [0.15, 0.2) is 0 Å². The van der Waals surface area contributed by atoms with Gasteiger partial charge in [-0.2, -0.15) is 0 Å². The minimum Gasteiger partial charge on any atom is -0.481 e. The monoisotopic (exact) mass is 282 g/mol. The molecular weight excluding hydrogens is 256 g/mol. The summed E-state index contributed by atoms with van der Waals surface area (Å²) in [5, 5.41) is 14.6. The Morgan fingerprint density at radius 3 is 2.45 bits per heavy atom. The second-order valence-electron chi connectivity index (χ2n) is 6.71. The number of hydrogen-bond acceptors (Lipinski definition) is 2. The Bertz CT molecular complexity index is 370. The number of amides is 2. The molecule has 114 valence electrons. The molecule has 0 aromatic rings. The zero-order chi connectivity index (χ0) is 14.7. The molecule has 5 heteroatoms. The summed E-state index contributed by atoms with van der Waals surface area (Å²) in [5.41, 5.74) is 0. The summed E-state index contributed by atoms with van der Waals surface area (Å²) in [6, 6.07) is -0.236. The highest BCUT2D eigenvalue weighted by molar-refractivity contribution is 5.75. The van der Waals surface area contributed by atoms with Crippen LogP contribution in [0.5, 0.6) is 0 Å². The summed E-state index contributed by atoms with van der Waals surface area (Å²) in [6.45, 7) is 4.63. The van der Waals surface area contributed by atoms with Crippen molar-refractivity contribution < 1.29 is 14.7 Å². The molecule has 4 atom stereocenters. The van der Waals surface area contributed by atoms with E-state index in [9.17, 15) is 9.59 Å². The first-order valence-electron chi connectivity index (χ1n) is 7.71. The summed E-state index contributed by atoms with van der Waals surface area (Å²) in [7, 11) is 0. The summed E-state index contributed by atoms with van der Waals surface area (Å²) < 4.78 is 0. The standard InChI is InChI=1S/C15H26N2O3/c1-9(2)13(14(18)19)8-17-15(20)16-7-12-6-10-3-4-11(12)5-10/h9-13H,3-8H2,1-2H3,(H,18,19)(H2,16,17,20). The van der Waals surface area contributed by atoms with Gasteiger partial charge in [0.1, 0.15) is 0 Å². The Morgan fingerprint density at radius 1 is 1.20 bits per heavy atom. The quantitative estimate of drug-likeness (QED) is 0.698. The number of urea groups is 1. The molecule has 2 saturated carbocycles. The molecule has 0 aromatic heterocycles. The SMILES string of the molecule is CC(C)C(CNC(=O)NCC1CC2CCC1C2)C(=O)O. The van der Waals surface area contributed by atoms with Crippen LogP contribution >= 0.6 is 0 Å². The molecule has 0 saturated heterocycles. The van der Waals surface area contributed by atoms with Gasteiger partial charge in [0, 0.05) is 13.1 Å². The van der Waals surface area contributed by atoms with E-state index >= 15 is 0 Å². The van der Waals surface area contributed by atoms with E-state index < -0.39 is 11.9 Å². The van der Waals surface area contributed by atoms with Gasteiger partial charge < -0.3 is 15.7 Å². The summed E-state index contributed by atoms with van der Waals surface area (Å²) in [5.74, 6) is 0.935. The third-order valence-corrected chi connectivity index (χ3v) is 5.01. The maximum Gasteiger partial charge on any atom is 0.314 e. The number of fused-ring (bicyclic) bond motifs is 2. The molecule has 3 N–H and O–H groups in total. The fourth-order valence-corrected chi connectivity index (χ4v) is 3.72. The lowest BCUT2D eigenvalue weighted by Gasteiger charge is -2.22. The first kappa shape index (κ1) is 15.1. The second kappa shape index (κ2) is 6.46. The van der Waals surface area contributed by atoms with E-state index in [1.165, 1.54) is 25.7 Å². The third-order valence-electron chi connectivity index (χ3n) is 5.01. The van der Waals surface area contributed by atoms with Crippen molar-refractivity contribution in [2.45, 2.75) is 39.5 Å². The van der Waals surface area contributed by atoms with Gasteiger partial charge in [0.2, 0.25) is 0 Å². The zero-order valence-electron chi connectivity index (χ0n) is 12.4. The number of hydrogen-bond donors (Lipinski definition) is 3. The van der Waals surface area contributed by atoms with E-state index in [2.05, 4.69) is 10.6 Å². The predicted octanol–water partition coefficient (Wildman–Crippen LogP) is 2.08. The molecule has 0 radical (unpaired) electrons. The largest absolute Gasteiger partial charge is 0.481 e. The number of carboxylic acids is 1. The summed E-state index contributed by atoms with van der Waals surface area (Å²) in [4.78, 5) is 22.8. The van der Waals surface area contributed by atoms with Gasteiger partial charge in [0.05, 0.1) is 5.92 Å². The maximum absolute atomic E-state index is 11.7. The van der Waals surface area contributed by atoms with Crippen LogP contribution in [0.1, 0.15) is 39.5 Å². The number of carboxylic acid groups (broad SMARTS) is 1. The van der Waals surface area contributed by atoms with Gasteiger partial charge in [-0.1, -0.05) is 20.3 Å². The number of aliphatic carboxylic acids is 1. The van der Waals surface area contributed by atoms with Crippen LogP contribution in [0.2, 0.25) is 0 Å². The summed E-state index contributed by atoms with van der Waals surface area (Å²) >= 11 is 0. The van der Waals surface area contributed by atoms with Crippen molar-refractivity contribution >= 4 is 12.0 Å². The highest BCUT2D eigenvalue weighted by atomic mass is 16.4.